The van der Waals surface area contributed by atoms with Gasteiger partial charge >= 0.3 is 0 Å². The summed E-state index contributed by atoms with van der Waals surface area (Å²) in [6.07, 6.45) is -0.153. The summed E-state index contributed by atoms with van der Waals surface area (Å²) in [7, 11) is 0. The van der Waals surface area contributed by atoms with E-state index in [1.165, 1.54) is 6.07 Å². The minimum Gasteiger partial charge on any atom is -0.491 e. The van der Waals surface area contributed by atoms with Gasteiger partial charge in [-0.3, -0.25) is 4.79 Å². The molecule has 0 bridgehead atoms. The number of rotatable bonds is 5. The molecule has 144 valence electrons. The molecule has 0 spiro atoms. The van der Waals surface area contributed by atoms with Crippen LogP contribution < -0.4 is 4.74 Å². The lowest BCUT2D eigenvalue weighted by Crippen LogP contribution is -2.43. The van der Waals surface area contributed by atoms with Gasteiger partial charge in [0.1, 0.15) is 11.9 Å². The standard InChI is InChI=1S/C21H23F2NO3/c1-14(2)27-17-5-3-4-15(10-17)11-21(25)24-8-9-26-20(13-24)16-6-7-18(22)19(23)12-16/h3-7,10,12,14,20H,8-9,11,13H2,1-2H3. The second kappa shape index (κ2) is 8.48. The van der Waals surface area contributed by atoms with Crippen LogP contribution in [0.1, 0.15) is 31.1 Å². The summed E-state index contributed by atoms with van der Waals surface area (Å²) in [4.78, 5) is 14.4. The summed E-state index contributed by atoms with van der Waals surface area (Å²) in [6.45, 7) is 5.03. The number of nitrogens with zero attached hydrogens (tertiary/aromatic N) is 1. The monoisotopic (exact) mass is 375 g/mol. The molecule has 0 aromatic heterocycles. The van der Waals surface area contributed by atoms with Crippen LogP contribution in [0.2, 0.25) is 0 Å². The van der Waals surface area contributed by atoms with Crippen molar-refractivity contribution in [3.63, 3.8) is 0 Å². The van der Waals surface area contributed by atoms with E-state index in [4.69, 9.17) is 9.47 Å². The molecule has 1 amide bonds. The lowest BCUT2D eigenvalue weighted by molar-refractivity contribution is -0.138. The molecule has 4 nitrogen and oxygen atoms in total. The first-order valence-corrected chi connectivity index (χ1v) is 9.02. The van der Waals surface area contributed by atoms with E-state index in [0.717, 1.165) is 23.4 Å². The Morgan fingerprint density at radius 1 is 1.22 bits per heavy atom. The first-order chi connectivity index (χ1) is 12.9. The first kappa shape index (κ1) is 19.3. The van der Waals surface area contributed by atoms with Crippen molar-refractivity contribution in [2.75, 3.05) is 19.7 Å². The highest BCUT2D eigenvalue weighted by Gasteiger charge is 2.26. The van der Waals surface area contributed by atoms with Gasteiger partial charge in [-0.1, -0.05) is 18.2 Å². The average Bonchev–Trinajstić information content (AvgIpc) is 2.64. The van der Waals surface area contributed by atoms with Crippen molar-refractivity contribution in [3.05, 3.63) is 65.2 Å². The van der Waals surface area contributed by atoms with Crippen LogP contribution >= 0.6 is 0 Å². The molecule has 1 aliphatic rings. The fourth-order valence-electron chi connectivity index (χ4n) is 3.08. The van der Waals surface area contributed by atoms with Crippen molar-refractivity contribution in [3.8, 4) is 5.75 Å². The summed E-state index contributed by atoms with van der Waals surface area (Å²) in [5.41, 5.74) is 1.40. The maximum atomic E-state index is 13.5. The molecule has 3 rings (SSSR count). The zero-order valence-electron chi connectivity index (χ0n) is 15.5. The Hall–Kier alpha value is -2.47. The highest BCUT2D eigenvalue weighted by atomic mass is 19.2. The van der Waals surface area contributed by atoms with Crippen molar-refractivity contribution >= 4 is 5.91 Å². The Kier molecular flexibility index (Phi) is 6.06. The number of halogens is 2. The van der Waals surface area contributed by atoms with Crippen LogP contribution in [0, 0.1) is 11.6 Å². The number of benzene rings is 2. The summed E-state index contributed by atoms with van der Waals surface area (Å²) >= 11 is 0. The number of morpholine rings is 1. The largest absolute Gasteiger partial charge is 0.491 e. The van der Waals surface area contributed by atoms with Crippen LogP contribution in [0.15, 0.2) is 42.5 Å². The first-order valence-electron chi connectivity index (χ1n) is 9.02. The Labute approximate surface area is 157 Å². The molecule has 1 atom stereocenters. The molecule has 0 radical (unpaired) electrons. The topological polar surface area (TPSA) is 38.8 Å². The molecule has 0 N–H and O–H groups in total. The van der Waals surface area contributed by atoms with Crippen LogP contribution in [0.25, 0.3) is 0 Å². The highest BCUT2D eigenvalue weighted by molar-refractivity contribution is 5.79. The van der Waals surface area contributed by atoms with Gasteiger partial charge in [0.15, 0.2) is 11.6 Å². The molecule has 1 fully saturated rings. The maximum Gasteiger partial charge on any atom is 0.227 e. The van der Waals surface area contributed by atoms with Gasteiger partial charge in [-0.15, -0.1) is 0 Å². The van der Waals surface area contributed by atoms with Gasteiger partial charge < -0.3 is 14.4 Å². The lowest BCUT2D eigenvalue weighted by Gasteiger charge is -2.33. The third-order valence-corrected chi connectivity index (χ3v) is 4.36. The van der Waals surface area contributed by atoms with Crippen molar-refractivity contribution in [1.29, 1.82) is 0 Å². The summed E-state index contributed by atoms with van der Waals surface area (Å²) < 4.78 is 37.9. The average molecular weight is 375 g/mol. The molecule has 1 heterocycles. The molecule has 0 aliphatic carbocycles. The van der Waals surface area contributed by atoms with Gasteiger partial charge in [0, 0.05) is 6.54 Å². The molecule has 27 heavy (non-hydrogen) atoms. The predicted molar refractivity (Wildman–Crippen MR) is 97.5 cm³/mol. The zero-order chi connectivity index (χ0) is 19.4. The van der Waals surface area contributed by atoms with Crippen molar-refractivity contribution < 1.29 is 23.0 Å². The SMILES string of the molecule is CC(C)Oc1cccc(CC(=O)N2CCOC(c3ccc(F)c(F)c3)C2)c1. The van der Waals surface area contributed by atoms with E-state index in [9.17, 15) is 13.6 Å². The molecule has 6 heteroatoms. The molecule has 1 aliphatic heterocycles. The van der Waals surface area contributed by atoms with Gasteiger partial charge in [0.05, 0.1) is 25.7 Å². The van der Waals surface area contributed by atoms with Crippen LogP contribution in [0.4, 0.5) is 8.78 Å². The molecule has 1 unspecified atom stereocenters. The number of ether oxygens (including phenoxy) is 2. The lowest BCUT2D eigenvalue weighted by atomic mass is 10.1. The summed E-state index contributed by atoms with van der Waals surface area (Å²) in [5, 5.41) is 0. The third kappa shape index (κ3) is 5.04. The Bertz CT molecular complexity index is 810. The van der Waals surface area contributed by atoms with E-state index < -0.39 is 17.7 Å². The minimum absolute atomic E-state index is 0.0346. The minimum atomic E-state index is -0.915. The van der Waals surface area contributed by atoms with Crippen LogP contribution in [-0.4, -0.2) is 36.6 Å². The molecular formula is C21H23F2NO3. The van der Waals surface area contributed by atoms with E-state index in [1.807, 2.05) is 38.1 Å². The molecule has 0 saturated carbocycles. The van der Waals surface area contributed by atoms with Crippen molar-refractivity contribution in [1.82, 2.24) is 4.90 Å². The van der Waals surface area contributed by atoms with Gasteiger partial charge in [-0.2, -0.15) is 0 Å². The van der Waals surface area contributed by atoms with E-state index in [2.05, 4.69) is 0 Å². The Morgan fingerprint density at radius 3 is 2.78 bits per heavy atom. The van der Waals surface area contributed by atoms with Gasteiger partial charge in [0.2, 0.25) is 5.91 Å². The molecule has 1 saturated heterocycles. The number of hydrogen-bond acceptors (Lipinski definition) is 3. The van der Waals surface area contributed by atoms with Crippen LogP contribution in [0.5, 0.6) is 5.75 Å². The zero-order valence-corrected chi connectivity index (χ0v) is 15.5. The van der Waals surface area contributed by atoms with Crippen molar-refractivity contribution in [2.24, 2.45) is 0 Å². The molecule has 2 aromatic carbocycles. The van der Waals surface area contributed by atoms with Crippen molar-refractivity contribution in [2.45, 2.75) is 32.5 Å². The fraction of sp³-hybridized carbons (Fsp3) is 0.381. The normalized spacial score (nSPS) is 17.2. The van der Waals surface area contributed by atoms with Gasteiger partial charge in [-0.05, 0) is 49.2 Å². The van der Waals surface area contributed by atoms with E-state index in [1.54, 1.807) is 4.90 Å². The summed E-state index contributed by atoms with van der Waals surface area (Å²) in [5.74, 6) is -1.11. The van der Waals surface area contributed by atoms with E-state index >= 15 is 0 Å². The second-order valence-corrected chi connectivity index (χ2v) is 6.86. The molecular weight excluding hydrogens is 352 g/mol. The van der Waals surface area contributed by atoms with Crippen LogP contribution in [-0.2, 0) is 16.0 Å². The third-order valence-electron chi connectivity index (χ3n) is 4.36. The van der Waals surface area contributed by atoms with E-state index in [-0.39, 0.29) is 18.4 Å². The van der Waals surface area contributed by atoms with Gasteiger partial charge in [-0.25, -0.2) is 8.78 Å². The summed E-state index contributed by atoms with van der Waals surface area (Å²) in [6, 6.07) is 11.2. The quantitative estimate of drug-likeness (QED) is 0.796. The Morgan fingerprint density at radius 2 is 2.04 bits per heavy atom. The van der Waals surface area contributed by atoms with E-state index in [0.29, 0.717) is 25.3 Å². The highest BCUT2D eigenvalue weighted by Crippen LogP contribution is 2.24. The molecule has 2 aromatic rings. The fourth-order valence-corrected chi connectivity index (χ4v) is 3.08. The van der Waals surface area contributed by atoms with Gasteiger partial charge in [0.25, 0.3) is 0 Å². The number of amides is 1. The number of hydrogen-bond donors (Lipinski definition) is 0. The number of carbonyl (C=O) groups excluding carboxylic acids is 1. The smallest absolute Gasteiger partial charge is 0.227 e. The number of carbonyl (C=O) groups is 1. The van der Waals surface area contributed by atoms with Crippen LogP contribution in [0.3, 0.4) is 0 Å². The second-order valence-electron chi connectivity index (χ2n) is 6.86. The predicted octanol–water partition coefficient (Wildman–Crippen LogP) is 3.89. The maximum absolute atomic E-state index is 13.5. The Balaban J connectivity index is 1.65.